The minimum atomic E-state index is -0.894. The molecule has 1 saturated heterocycles. The number of hydrogen-bond acceptors (Lipinski definition) is 4. The maximum atomic E-state index is 13.3. The Balaban J connectivity index is 0.00000169. The van der Waals surface area contributed by atoms with Gasteiger partial charge in [-0.15, -0.1) is 24.8 Å². The van der Waals surface area contributed by atoms with Gasteiger partial charge in [0.2, 0.25) is 0 Å². The number of hydrogen-bond donors (Lipinski definition) is 2. The van der Waals surface area contributed by atoms with Gasteiger partial charge in [-0.05, 0) is 36.8 Å². The lowest BCUT2D eigenvalue weighted by Crippen LogP contribution is -2.30. The van der Waals surface area contributed by atoms with Gasteiger partial charge in [0, 0.05) is 25.0 Å². The van der Waals surface area contributed by atoms with Crippen LogP contribution < -0.4 is 5.32 Å². The van der Waals surface area contributed by atoms with Gasteiger partial charge in [0.15, 0.2) is 0 Å². The fraction of sp³-hybridized carbons (Fsp3) is 0.235. The molecule has 1 aromatic heterocycles. The highest BCUT2D eigenvalue weighted by Gasteiger charge is 2.32. The molecule has 1 amide bonds. The highest BCUT2D eigenvalue weighted by molar-refractivity contribution is 5.99. The number of aliphatic carboxylic acids is 1. The topological polar surface area (TPSA) is 82.5 Å². The molecule has 6 nitrogen and oxygen atoms in total. The number of nitrogens with one attached hydrogen (secondary N) is 1. The van der Waals surface area contributed by atoms with E-state index in [9.17, 15) is 14.0 Å². The summed E-state index contributed by atoms with van der Waals surface area (Å²) in [7, 11) is 0. The van der Waals surface area contributed by atoms with Gasteiger partial charge in [-0.25, -0.2) is 9.37 Å². The van der Waals surface area contributed by atoms with Crippen molar-refractivity contribution in [3.63, 3.8) is 0 Å². The van der Waals surface area contributed by atoms with Gasteiger partial charge in [-0.2, -0.15) is 0 Å². The molecule has 0 aliphatic carbocycles. The first kappa shape index (κ1) is 21.7. The van der Waals surface area contributed by atoms with Crippen molar-refractivity contribution in [2.45, 2.75) is 6.42 Å². The minimum absolute atomic E-state index is 0. The molecule has 1 aliphatic heterocycles. The van der Waals surface area contributed by atoms with Crippen molar-refractivity contribution >= 4 is 48.2 Å². The number of carbonyl (C=O) groups excluding carboxylic acids is 1. The highest BCUT2D eigenvalue weighted by Crippen LogP contribution is 2.24. The summed E-state index contributed by atoms with van der Waals surface area (Å²) >= 11 is 0. The summed E-state index contributed by atoms with van der Waals surface area (Å²) in [6.45, 7) is 0.576. The molecule has 26 heavy (non-hydrogen) atoms. The smallest absolute Gasteiger partial charge is 0.308 e. The molecule has 0 bridgehead atoms. The molecular formula is C17H18Cl2FN3O3. The number of carboxylic acids is 1. The maximum absolute atomic E-state index is 13.3. The molecule has 2 aromatic rings. The first-order valence-electron chi connectivity index (χ1n) is 7.54. The average Bonchev–Trinajstić information content (AvgIpc) is 3.05. The first-order valence-corrected chi connectivity index (χ1v) is 7.54. The fourth-order valence-corrected chi connectivity index (χ4v) is 2.70. The number of amides is 1. The molecule has 1 unspecified atom stereocenters. The van der Waals surface area contributed by atoms with Crippen LogP contribution in [0.1, 0.15) is 16.8 Å². The zero-order valence-corrected chi connectivity index (χ0v) is 15.2. The summed E-state index contributed by atoms with van der Waals surface area (Å²) in [4.78, 5) is 29.4. The molecule has 1 aliphatic rings. The molecular weight excluding hydrogens is 384 g/mol. The average molecular weight is 402 g/mol. The number of carbonyl (C=O) groups is 2. The molecule has 140 valence electrons. The summed E-state index contributed by atoms with van der Waals surface area (Å²) in [5.41, 5.74) is 0.806. The van der Waals surface area contributed by atoms with E-state index in [2.05, 4.69) is 10.3 Å². The summed E-state index contributed by atoms with van der Waals surface area (Å²) in [6, 6.07) is 9.10. The van der Waals surface area contributed by atoms with Crippen molar-refractivity contribution in [2.75, 3.05) is 18.4 Å². The van der Waals surface area contributed by atoms with Crippen molar-refractivity contribution in [2.24, 2.45) is 5.92 Å². The van der Waals surface area contributed by atoms with Crippen LogP contribution >= 0.6 is 24.8 Å². The van der Waals surface area contributed by atoms with Crippen molar-refractivity contribution in [1.82, 2.24) is 9.88 Å². The standard InChI is InChI=1S/C17H16FN3O3.2ClH/c18-12-3-1-4-13(9-12)20-15-14(5-2-7-19-15)16(22)21-8-6-11(10-21)17(23)24;;/h1-5,7,9,11H,6,8,10H2,(H,19,20)(H,23,24);2*1H. The van der Waals surface area contributed by atoms with E-state index in [4.69, 9.17) is 5.11 Å². The van der Waals surface area contributed by atoms with Crippen molar-refractivity contribution in [3.05, 3.63) is 54.0 Å². The van der Waals surface area contributed by atoms with Gasteiger partial charge >= 0.3 is 5.97 Å². The minimum Gasteiger partial charge on any atom is -0.481 e. The van der Waals surface area contributed by atoms with E-state index in [0.29, 0.717) is 30.0 Å². The molecule has 1 atom stereocenters. The third kappa shape index (κ3) is 4.83. The second kappa shape index (κ2) is 9.35. The Morgan fingerprint density at radius 2 is 2.00 bits per heavy atom. The summed E-state index contributed by atoms with van der Waals surface area (Å²) in [5, 5.41) is 12.0. The van der Waals surface area contributed by atoms with Gasteiger partial charge in [0.1, 0.15) is 11.6 Å². The lowest BCUT2D eigenvalue weighted by Gasteiger charge is -2.18. The quantitative estimate of drug-likeness (QED) is 0.820. The molecule has 1 fully saturated rings. The number of likely N-dealkylation sites (tertiary alicyclic amines) is 1. The third-order valence-electron chi connectivity index (χ3n) is 3.95. The van der Waals surface area contributed by atoms with Gasteiger partial charge in [0.25, 0.3) is 5.91 Å². The zero-order valence-electron chi connectivity index (χ0n) is 13.6. The van der Waals surface area contributed by atoms with Crippen molar-refractivity contribution in [3.8, 4) is 0 Å². The molecule has 3 rings (SSSR count). The Morgan fingerprint density at radius 1 is 1.23 bits per heavy atom. The van der Waals surface area contributed by atoms with Gasteiger partial charge in [-0.1, -0.05) is 6.07 Å². The molecule has 2 heterocycles. The second-order valence-corrected chi connectivity index (χ2v) is 5.61. The summed E-state index contributed by atoms with van der Waals surface area (Å²) in [6.07, 6.45) is 1.97. The molecule has 0 spiro atoms. The predicted molar refractivity (Wildman–Crippen MR) is 100 cm³/mol. The maximum Gasteiger partial charge on any atom is 0.308 e. The summed E-state index contributed by atoms with van der Waals surface area (Å²) < 4.78 is 13.3. The van der Waals surface area contributed by atoms with Crippen LogP contribution in [0.25, 0.3) is 0 Å². The third-order valence-corrected chi connectivity index (χ3v) is 3.95. The van der Waals surface area contributed by atoms with Crippen LogP contribution in [0, 0.1) is 11.7 Å². The van der Waals surface area contributed by atoms with Crippen LogP contribution in [0.2, 0.25) is 0 Å². The number of rotatable bonds is 4. The van der Waals surface area contributed by atoms with E-state index >= 15 is 0 Å². The van der Waals surface area contributed by atoms with E-state index in [0.717, 1.165) is 0 Å². The van der Waals surface area contributed by atoms with Crippen LogP contribution in [0.15, 0.2) is 42.6 Å². The number of pyridine rings is 1. The fourth-order valence-electron chi connectivity index (χ4n) is 2.70. The number of anilines is 2. The molecule has 1 aromatic carbocycles. The summed E-state index contributed by atoms with van der Waals surface area (Å²) in [5.74, 6) is -1.80. The van der Waals surface area contributed by atoms with E-state index in [1.807, 2.05) is 0 Å². The van der Waals surface area contributed by atoms with Crippen molar-refractivity contribution in [1.29, 1.82) is 0 Å². The Hall–Kier alpha value is -2.38. The van der Waals surface area contributed by atoms with Crippen LogP contribution in [-0.4, -0.2) is 40.0 Å². The zero-order chi connectivity index (χ0) is 17.1. The van der Waals surface area contributed by atoms with E-state index in [1.165, 1.54) is 23.2 Å². The van der Waals surface area contributed by atoms with E-state index < -0.39 is 17.7 Å². The molecule has 9 heteroatoms. The van der Waals surface area contributed by atoms with Gasteiger partial charge < -0.3 is 15.3 Å². The number of halogens is 3. The number of benzene rings is 1. The Labute approximate surface area is 162 Å². The lowest BCUT2D eigenvalue weighted by atomic mass is 10.1. The van der Waals surface area contributed by atoms with E-state index in [-0.39, 0.29) is 37.3 Å². The monoisotopic (exact) mass is 401 g/mol. The normalized spacial score (nSPS) is 15.6. The SMILES string of the molecule is Cl.Cl.O=C(O)C1CCN(C(=O)c2cccnc2Nc2cccc(F)c2)C1. The number of nitrogens with zero attached hydrogens (tertiary/aromatic N) is 2. The first-order chi connectivity index (χ1) is 11.5. The number of aromatic nitrogens is 1. The largest absolute Gasteiger partial charge is 0.481 e. The van der Waals surface area contributed by atoms with Gasteiger partial charge in [-0.3, -0.25) is 9.59 Å². The molecule has 2 N–H and O–H groups in total. The van der Waals surface area contributed by atoms with Crippen LogP contribution in [0.5, 0.6) is 0 Å². The Kier molecular flexibility index (Phi) is 7.79. The second-order valence-electron chi connectivity index (χ2n) is 5.61. The number of carboxylic acid groups (broad SMARTS) is 1. The Bertz CT molecular complexity index is 791. The van der Waals surface area contributed by atoms with E-state index in [1.54, 1.807) is 24.3 Å². The van der Waals surface area contributed by atoms with Crippen LogP contribution in [-0.2, 0) is 4.79 Å². The van der Waals surface area contributed by atoms with Crippen LogP contribution in [0.3, 0.4) is 0 Å². The molecule has 0 saturated carbocycles. The Morgan fingerprint density at radius 3 is 2.65 bits per heavy atom. The molecule has 0 radical (unpaired) electrons. The highest BCUT2D eigenvalue weighted by atomic mass is 35.5. The predicted octanol–water partition coefficient (Wildman–Crippen LogP) is 3.35. The van der Waals surface area contributed by atoms with Crippen molar-refractivity contribution < 1.29 is 19.1 Å². The van der Waals surface area contributed by atoms with Crippen LogP contribution in [0.4, 0.5) is 15.9 Å². The van der Waals surface area contributed by atoms with Gasteiger partial charge in [0.05, 0.1) is 11.5 Å². The lowest BCUT2D eigenvalue weighted by molar-refractivity contribution is -0.141.